The lowest BCUT2D eigenvalue weighted by atomic mass is 10.1. The molecule has 0 atom stereocenters. The minimum atomic E-state index is -0.273. The number of nitrogens with zero attached hydrogens (tertiary/aromatic N) is 1. The molecule has 0 aliphatic heterocycles. The average Bonchev–Trinajstić information content (AvgIpc) is 2.03. The first-order valence-electron chi connectivity index (χ1n) is 3.90. The summed E-state index contributed by atoms with van der Waals surface area (Å²) in [4.78, 5) is 3.75. The van der Waals surface area contributed by atoms with Gasteiger partial charge in [0.2, 0.25) is 0 Å². The van der Waals surface area contributed by atoms with Crippen LogP contribution in [0.1, 0.15) is 11.1 Å². The molecule has 1 rings (SSSR count). The van der Waals surface area contributed by atoms with Crippen molar-refractivity contribution in [1.82, 2.24) is 0 Å². The van der Waals surface area contributed by atoms with Gasteiger partial charge in [-0.05, 0) is 18.6 Å². The van der Waals surface area contributed by atoms with E-state index in [-0.39, 0.29) is 30.7 Å². The molecule has 0 aromatic heterocycles. The minimum absolute atomic E-state index is 0. The fourth-order valence-corrected chi connectivity index (χ4v) is 1.04. The van der Waals surface area contributed by atoms with Crippen LogP contribution in [0.25, 0.3) is 0 Å². The van der Waals surface area contributed by atoms with E-state index >= 15 is 0 Å². The Labute approximate surface area is 88.4 Å². The number of guanidine groups is 1. The highest BCUT2D eigenvalue weighted by Gasteiger charge is 2.03. The summed E-state index contributed by atoms with van der Waals surface area (Å²) in [5.41, 5.74) is 11.7. The van der Waals surface area contributed by atoms with Crippen LogP contribution >= 0.6 is 12.4 Å². The first kappa shape index (κ1) is 12.7. The lowest BCUT2D eigenvalue weighted by Gasteiger charge is -2.03. The summed E-state index contributed by atoms with van der Waals surface area (Å²) >= 11 is 0. The van der Waals surface area contributed by atoms with Crippen LogP contribution in [0.2, 0.25) is 0 Å². The van der Waals surface area contributed by atoms with E-state index < -0.39 is 0 Å². The van der Waals surface area contributed by atoms with Gasteiger partial charge in [0.15, 0.2) is 5.96 Å². The lowest BCUT2D eigenvalue weighted by Crippen LogP contribution is -2.22. The first-order chi connectivity index (χ1) is 6.11. The number of aryl methyl sites for hydroxylation is 1. The van der Waals surface area contributed by atoms with E-state index in [0.717, 1.165) is 5.56 Å². The molecule has 0 fully saturated rings. The number of halogens is 2. The van der Waals surface area contributed by atoms with Crippen LogP contribution in [0, 0.1) is 12.7 Å². The summed E-state index contributed by atoms with van der Waals surface area (Å²) in [6, 6.07) is 4.87. The summed E-state index contributed by atoms with van der Waals surface area (Å²) < 4.78 is 13.1. The molecule has 0 aliphatic carbocycles. The second-order valence-electron chi connectivity index (χ2n) is 2.78. The maximum absolute atomic E-state index is 13.1. The van der Waals surface area contributed by atoms with Crippen molar-refractivity contribution in [2.24, 2.45) is 16.5 Å². The Morgan fingerprint density at radius 1 is 1.43 bits per heavy atom. The Morgan fingerprint density at radius 2 is 2.07 bits per heavy atom. The highest BCUT2D eigenvalue weighted by atomic mass is 35.5. The minimum Gasteiger partial charge on any atom is -0.370 e. The van der Waals surface area contributed by atoms with Gasteiger partial charge in [-0.2, -0.15) is 0 Å². The Hall–Kier alpha value is -1.29. The van der Waals surface area contributed by atoms with E-state index in [1.165, 1.54) is 6.07 Å². The average molecular weight is 218 g/mol. The summed E-state index contributed by atoms with van der Waals surface area (Å²) in [5.74, 6) is -0.298. The molecule has 4 N–H and O–H groups in total. The van der Waals surface area contributed by atoms with Crippen LogP contribution in [-0.2, 0) is 6.54 Å². The molecule has 5 heteroatoms. The molecule has 14 heavy (non-hydrogen) atoms. The molecule has 3 nitrogen and oxygen atoms in total. The van der Waals surface area contributed by atoms with E-state index in [9.17, 15) is 4.39 Å². The number of hydrogen-bond donors (Lipinski definition) is 2. The van der Waals surface area contributed by atoms with Gasteiger partial charge in [0.1, 0.15) is 5.82 Å². The van der Waals surface area contributed by atoms with Crippen LogP contribution in [0.3, 0.4) is 0 Å². The molecule has 0 saturated heterocycles. The second kappa shape index (κ2) is 5.44. The van der Waals surface area contributed by atoms with Crippen molar-refractivity contribution in [3.63, 3.8) is 0 Å². The van der Waals surface area contributed by atoms with Crippen LogP contribution in [-0.4, -0.2) is 5.96 Å². The van der Waals surface area contributed by atoms with Gasteiger partial charge in [-0.25, -0.2) is 9.38 Å². The topological polar surface area (TPSA) is 64.4 Å². The van der Waals surface area contributed by atoms with Crippen LogP contribution < -0.4 is 11.5 Å². The van der Waals surface area contributed by atoms with Gasteiger partial charge >= 0.3 is 0 Å². The largest absolute Gasteiger partial charge is 0.370 e. The number of nitrogens with two attached hydrogens (primary N) is 2. The second-order valence-corrected chi connectivity index (χ2v) is 2.78. The van der Waals surface area contributed by atoms with Crippen molar-refractivity contribution in [2.75, 3.05) is 0 Å². The zero-order valence-electron chi connectivity index (χ0n) is 7.83. The molecule has 0 radical (unpaired) electrons. The Kier molecular flexibility index (Phi) is 4.94. The van der Waals surface area contributed by atoms with E-state index in [1.54, 1.807) is 6.07 Å². The Bertz CT molecular complexity index is 315. The molecule has 0 saturated carbocycles. The van der Waals surface area contributed by atoms with Crippen molar-refractivity contribution in [1.29, 1.82) is 0 Å². The van der Waals surface area contributed by atoms with Gasteiger partial charge in [0, 0.05) is 5.56 Å². The summed E-state index contributed by atoms with van der Waals surface area (Å²) in [6.45, 7) is 2.02. The van der Waals surface area contributed by atoms with E-state index in [1.807, 2.05) is 13.0 Å². The van der Waals surface area contributed by atoms with E-state index in [0.29, 0.717) is 5.56 Å². The molecule has 0 bridgehead atoms. The van der Waals surface area contributed by atoms with Gasteiger partial charge in [0.25, 0.3) is 0 Å². The van der Waals surface area contributed by atoms with Gasteiger partial charge in [0.05, 0.1) is 6.54 Å². The summed E-state index contributed by atoms with van der Waals surface area (Å²) in [5, 5.41) is 0. The SMILES string of the molecule is Cc1cccc(F)c1CN=C(N)N.Cl. The quantitative estimate of drug-likeness (QED) is 0.580. The smallest absolute Gasteiger partial charge is 0.186 e. The standard InChI is InChI=1S/C9H12FN3.ClH/c1-6-3-2-4-8(10)7(6)5-13-9(11)12;/h2-4H,5H2,1H3,(H4,11,12,13);1H. The molecule has 78 valence electrons. The fraction of sp³-hybridized carbons (Fsp3) is 0.222. The molecule has 0 amide bonds. The van der Waals surface area contributed by atoms with Crippen LogP contribution in [0.15, 0.2) is 23.2 Å². The normalized spacial score (nSPS) is 9.00. The van der Waals surface area contributed by atoms with Crippen molar-refractivity contribution >= 4 is 18.4 Å². The van der Waals surface area contributed by atoms with Crippen LogP contribution in [0.4, 0.5) is 4.39 Å². The van der Waals surface area contributed by atoms with Crippen molar-refractivity contribution < 1.29 is 4.39 Å². The van der Waals surface area contributed by atoms with Crippen LogP contribution in [0.5, 0.6) is 0 Å². The highest BCUT2D eigenvalue weighted by Crippen LogP contribution is 2.13. The third-order valence-corrected chi connectivity index (χ3v) is 1.77. The molecular weight excluding hydrogens is 205 g/mol. The Morgan fingerprint density at radius 3 is 2.57 bits per heavy atom. The molecule has 0 aliphatic rings. The maximum atomic E-state index is 13.1. The molecular formula is C9H13ClFN3. The van der Waals surface area contributed by atoms with Gasteiger partial charge in [-0.3, -0.25) is 0 Å². The molecule has 0 unspecified atom stereocenters. The molecule has 0 spiro atoms. The molecule has 1 aromatic rings. The summed E-state index contributed by atoms with van der Waals surface area (Å²) in [6.07, 6.45) is 0. The highest BCUT2D eigenvalue weighted by molar-refractivity contribution is 5.85. The molecule has 1 aromatic carbocycles. The van der Waals surface area contributed by atoms with Crippen molar-refractivity contribution in [2.45, 2.75) is 13.5 Å². The van der Waals surface area contributed by atoms with E-state index in [4.69, 9.17) is 11.5 Å². The predicted octanol–water partition coefficient (Wildman–Crippen LogP) is 1.33. The number of aliphatic imine (C=N–C) groups is 1. The number of hydrogen-bond acceptors (Lipinski definition) is 1. The zero-order valence-corrected chi connectivity index (χ0v) is 8.64. The van der Waals surface area contributed by atoms with Crippen molar-refractivity contribution in [3.8, 4) is 0 Å². The Balaban J connectivity index is 0.00000169. The van der Waals surface area contributed by atoms with Gasteiger partial charge in [-0.1, -0.05) is 12.1 Å². The third-order valence-electron chi connectivity index (χ3n) is 1.77. The van der Waals surface area contributed by atoms with Crippen molar-refractivity contribution in [3.05, 3.63) is 35.1 Å². The third kappa shape index (κ3) is 3.22. The van der Waals surface area contributed by atoms with Gasteiger partial charge < -0.3 is 11.5 Å². The van der Waals surface area contributed by atoms with Gasteiger partial charge in [-0.15, -0.1) is 12.4 Å². The lowest BCUT2D eigenvalue weighted by molar-refractivity contribution is 0.609. The van der Waals surface area contributed by atoms with E-state index in [2.05, 4.69) is 4.99 Å². The number of rotatable bonds is 2. The summed E-state index contributed by atoms with van der Waals surface area (Å²) in [7, 11) is 0. The monoisotopic (exact) mass is 217 g/mol. The first-order valence-corrected chi connectivity index (χ1v) is 3.90. The fourth-order valence-electron chi connectivity index (χ4n) is 1.04. The predicted molar refractivity (Wildman–Crippen MR) is 57.9 cm³/mol. The zero-order chi connectivity index (χ0) is 9.84. The number of benzene rings is 1. The molecule has 0 heterocycles. The maximum Gasteiger partial charge on any atom is 0.186 e.